The lowest BCUT2D eigenvalue weighted by atomic mass is 10.3. The van der Waals surface area contributed by atoms with Crippen molar-refractivity contribution in [1.82, 2.24) is 15.1 Å². The smallest absolute Gasteiger partial charge is 0.242 e. The monoisotopic (exact) mass is 326 g/mol. The fourth-order valence-electron chi connectivity index (χ4n) is 2.18. The molecule has 3 rings (SSSR count). The van der Waals surface area contributed by atoms with Crippen LogP contribution in [0, 0.1) is 0 Å². The zero-order chi connectivity index (χ0) is 16.1. The average Bonchev–Trinajstić information content (AvgIpc) is 3.25. The fourth-order valence-corrected chi connectivity index (χ4v) is 2.82. The zero-order valence-electron chi connectivity index (χ0n) is 12.8. The second-order valence-corrected chi connectivity index (χ2v) is 6.20. The third kappa shape index (κ3) is 3.98. The molecule has 2 aromatic heterocycles. The standard InChI is InChI=1S/C17H18N4OS/c1-13(17(22)18-11-16-8-5-9-23-16)20-14-10-19-21(12-14)15-6-3-2-4-7-15/h2-10,12-13,20H,11H2,1H3,(H,18,22). The summed E-state index contributed by atoms with van der Waals surface area (Å²) >= 11 is 1.63. The first-order chi connectivity index (χ1) is 11.2. The molecule has 1 unspecified atom stereocenters. The number of amides is 1. The summed E-state index contributed by atoms with van der Waals surface area (Å²) in [4.78, 5) is 13.3. The molecule has 0 aliphatic heterocycles. The molecular formula is C17H18N4OS. The molecule has 0 saturated heterocycles. The van der Waals surface area contributed by atoms with Crippen LogP contribution in [0.15, 0.2) is 60.2 Å². The van der Waals surface area contributed by atoms with Crippen molar-refractivity contribution in [3.05, 3.63) is 65.1 Å². The minimum Gasteiger partial charge on any atom is -0.371 e. The summed E-state index contributed by atoms with van der Waals surface area (Å²) in [7, 11) is 0. The van der Waals surface area contributed by atoms with E-state index in [0.717, 1.165) is 16.3 Å². The van der Waals surface area contributed by atoms with E-state index < -0.39 is 0 Å². The van der Waals surface area contributed by atoms with Crippen LogP contribution < -0.4 is 10.6 Å². The Hall–Kier alpha value is -2.60. The van der Waals surface area contributed by atoms with Crippen molar-refractivity contribution in [2.24, 2.45) is 0 Å². The maximum atomic E-state index is 12.1. The zero-order valence-corrected chi connectivity index (χ0v) is 13.6. The largest absolute Gasteiger partial charge is 0.371 e. The lowest BCUT2D eigenvalue weighted by molar-refractivity contribution is -0.121. The molecule has 0 fully saturated rings. The number of rotatable bonds is 6. The van der Waals surface area contributed by atoms with Crippen molar-refractivity contribution >= 4 is 22.9 Å². The van der Waals surface area contributed by atoms with Crippen LogP contribution in [-0.4, -0.2) is 21.7 Å². The van der Waals surface area contributed by atoms with Crippen molar-refractivity contribution in [3.8, 4) is 5.69 Å². The lowest BCUT2D eigenvalue weighted by Gasteiger charge is -2.13. The van der Waals surface area contributed by atoms with Crippen LogP contribution in [0.1, 0.15) is 11.8 Å². The third-order valence-corrected chi connectivity index (χ3v) is 4.27. The Balaban J connectivity index is 1.56. The molecule has 0 saturated carbocycles. The van der Waals surface area contributed by atoms with E-state index >= 15 is 0 Å². The van der Waals surface area contributed by atoms with Gasteiger partial charge in [-0.3, -0.25) is 4.79 Å². The Morgan fingerprint density at radius 1 is 1.26 bits per heavy atom. The number of carbonyl (C=O) groups is 1. The predicted molar refractivity (Wildman–Crippen MR) is 92.8 cm³/mol. The van der Waals surface area contributed by atoms with Gasteiger partial charge in [-0.05, 0) is 30.5 Å². The van der Waals surface area contributed by atoms with E-state index in [1.54, 1.807) is 22.2 Å². The molecule has 1 amide bonds. The number of nitrogens with zero attached hydrogens (tertiary/aromatic N) is 2. The van der Waals surface area contributed by atoms with Gasteiger partial charge in [0.15, 0.2) is 0 Å². The molecule has 6 heteroatoms. The van der Waals surface area contributed by atoms with Gasteiger partial charge < -0.3 is 10.6 Å². The van der Waals surface area contributed by atoms with Crippen molar-refractivity contribution in [2.45, 2.75) is 19.5 Å². The van der Waals surface area contributed by atoms with Crippen molar-refractivity contribution in [3.63, 3.8) is 0 Å². The van der Waals surface area contributed by atoms with Gasteiger partial charge >= 0.3 is 0 Å². The molecule has 0 spiro atoms. The maximum Gasteiger partial charge on any atom is 0.242 e. The van der Waals surface area contributed by atoms with Crippen molar-refractivity contribution < 1.29 is 4.79 Å². The molecule has 0 radical (unpaired) electrons. The maximum absolute atomic E-state index is 12.1. The summed E-state index contributed by atoms with van der Waals surface area (Å²) in [5, 5.41) is 12.4. The first kappa shape index (κ1) is 15.3. The number of carbonyl (C=O) groups excluding carboxylic acids is 1. The first-order valence-corrected chi connectivity index (χ1v) is 8.27. The number of para-hydroxylation sites is 1. The predicted octanol–water partition coefficient (Wildman–Crippen LogP) is 3.05. The van der Waals surface area contributed by atoms with E-state index in [-0.39, 0.29) is 11.9 Å². The van der Waals surface area contributed by atoms with Crippen LogP contribution in [0.2, 0.25) is 0 Å². The van der Waals surface area contributed by atoms with Gasteiger partial charge in [-0.15, -0.1) is 11.3 Å². The molecule has 2 heterocycles. The molecule has 1 atom stereocenters. The normalized spacial score (nSPS) is 11.9. The Morgan fingerprint density at radius 2 is 2.09 bits per heavy atom. The highest BCUT2D eigenvalue weighted by atomic mass is 32.1. The number of benzene rings is 1. The summed E-state index contributed by atoms with van der Waals surface area (Å²) in [6.45, 7) is 2.40. The molecule has 118 valence electrons. The number of anilines is 1. The average molecular weight is 326 g/mol. The molecule has 5 nitrogen and oxygen atoms in total. The van der Waals surface area contributed by atoms with Crippen LogP contribution in [0.25, 0.3) is 5.69 Å². The minimum absolute atomic E-state index is 0.0362. The SMILES string of the molecule is CC(Nc1cnn(-c2ccccc2)c1)C(=O)NCc1cccs1. The molecule has 1 aromatic carbocycles. The van der Waals surface area contributed by atoms with Gasteiger partial charge in [-0.25, -0.2) is 4.68 Å². The quantitative estimate of drug-likeness (QED) is 0.732. The van der Waals surface area contributed by atoms with E-state index in [1.165, 1.54) is 0 Å². The van der Waals surface area contributed by atoms with E-state index in [4.69, 9.17) is 0 Å². The second kappa shape index (κ2) is 7.11. The van der Waals surface area contributed by atoms with E-state index in [1.807, 2.05) is 61.0 Å². The van der Waals surface area contributed by atoms with Crippen molar-refractivity contribution in [2.75, 3.05) is 5.32 Å². The number of aromatic nitrogens is 2. The van der Waals surface area contributed by atoms with Crippen LogP contribution in [0.5, 0.6) is 0 Å². The van der Waals surface area contributed by atoms with Crippen LogP contribution in [0.3, 0.4) is 0 Å². The van der Waals surface area contributed by atoms with E-state index in [2.05, 4.69) is 15.7 Å². The van der Waals surface area contributed by atoms with E-state index in [9.17, 15) is 4.79 Å². The Kier molecular flexibility index (Phi) is 4.73. The van der Waals surface area contributed by atoms with Crippen LogP contribution >= 0.6 is 11.3 Å². The van der Waals surface area contributed by atoms with Crippen LogP contribution in [-0.2, 0) is 11.3 Å². The summed E-state index contributed by atoms with van der Waals surface area (Å²) < 4.78 is 1.78. The Labute approximate surface area is 139 Å². The molecule has 0 aliphatic rings. The lowest BCUT2D eigenvalue weighted by Crippen LogP contribution is -2.36. The number of thiophene rings is 1. The first-order valence-electron chi connectivity index (χ1n) is 7.39. The van der Waals surface area contributed by atoms with Gasteiger partial charge in [0.25, 0.3) is 0 Å². The highest BCUT2D eigenvalue weighted by Gasteiger charge is 2.13. The van der Waals surface area contributed by atoms with Gasteiger partial charge in [-0.2, -0.15) is 5.10 Å². The Morgan fingerprint density at radius 3 is 2.83 bits per heavy atom. The van der Waals surface area contributed by atoms with Gasteiger partial charge in [0.1, 0.15) is 6.04 Å². The summed E-state index contributed by atoms with van der Waals surface area (Å²) in [6, 6.07) is 13.5. The molecule has 2 N–H and O–H groups in total. The van der Waals surface area contributed by atoms with E-state index in [0.29, 0.717) is 6.54 Å². The van der Waals surface area contributed by atoms with Gasteiger partial charge in [0.2, 0.25) is 5.91 Å². The van der Waals surface area contributed by atoms with Crippen LogP contribution in [0.4, 0.5) is 5.69 Å². The molecule has 0 bridgehead atoms. The highest BCUT2D eigenvalue weighted by Crippen LogP contribution is 2.12. The minimum atomic E-state index is -0.330. The molecule has 0 aliphatic carbocycles. The summed E-state index contributed by atoms with van der Waals surface area (Å²) in [6.07, 6.45) is 3.59. The topological polar surface area (TPSA) is 59.0 Å². The number of hydrogen-bond acceptors (Lipinski definition) is 4. The molecule has 3 aromatic rings. The van der Waals surface area contributed by atoms with Gasteiger partial charge in [0, 0.05) is 4.88 Å². The molecular weight excluding hydrogens is 308 g/mol. The molecule has 23 heavy (non-hydrogen) atoms. The number of hydrogen-bond donors (Lipinski definition) is 2. The van der Waals surface area contributed by atoms with Crippen molar-refractivity contribution in [1.29, 1.82) is 0 Å². The van der Waals surface area contributed by atoms with Gasteiger partial charge in [-0.1, -0.05) is 24.3 Å². The summed E-state index contributed by atoms with van der Waals surface area (Å²) in [5.41, 5.74) is 1.79. The van der Waals surface area contributed by atoms with Gasteiger partial charge in [0.05, 0.1) is 30.3 Å². The second-order valence-electron chi connectivity index (χ2n) is 5.17. The third-order valence-electron chi connectivity index (χ3n) is 3.40. The fraction of sp³-hybridized carbons (Fsp3) is 0.176. The highest BCUT2D eigenvalue weighted by molar-refractivity contribution is 7.09. The number of nitrogens with one attached hydrogen (secondary N) is 2. The Bertz CT molecular complexity index is 752. The summed E-state index contributed by atoms with van der Waals surface area (Å²) in [5.74, 6) is -0.0362.